The zero-order valence-electron chi connectivity index (χ0n) is 23.8. The standard InChI is InChI=1S/C39H28N4S/c1-3-11-25(12-4-1)37-40-38(26-13-5-2-6-14-26)42-39(41-37)27-19-21-28(22-20-27)43-33-17-9-7-15-29(33)31-24-36-32(23-34(31)43)30-16-8-10-18-35(30)44-36/h1-24,37-38,40H,(H,41,42). The van der Waals surface area contributed by atoms with Gasteiger partial charge in [0.15, 0.2) is 0 Å². The zero-order valence-corrected chi connectivity index (χ0v) is 24.6. The number of aliphatic imine (C=N–C) groups is 1. The predicted octanol–water partition coefficient (Wildman–Crippen LogP) is 9.49. The van der Waals surface area contributed by atoms with Crippen LogP contribution in [0.4, 0.5) is 0 Å². The highest BCUT2D eigenvalue weighted by Gasteiger charge is 2.25. The topological polar surface area (TPSA) is 41.4 Å². The average Bonchev–Trinajstić information content (AvgIpc) is 3.63. The van der Waals surface area contributed by atoms with Crippen LogP contribution in [0.5, 0.6) is 0 Å². The van der Waals surface area contributed by atoms with E-state index in [1.807, 2.05) is 17.4 Å². The van der Waals surface area contributed by atoms with Gasteiger partial charge in [-0.3, -0.25) is 5.32 Å². The van der Waals surface area contributed by atoms with Gasteiger partial charge in [0.1, 0.15) is 18.2 Å². The zero-order chi connectivity index (χ0) is 29.0. The number of hydrogen-bond acceptors (Lipinski definition) is 4. The van der Waals surface area contributed by atoms with Crippen molar-refractivity contribution in [3.05, 3.63) is 162 Å². The number of nitrogens with zero attached hydrogens (tertiary/aromatic N) is 2. The summed E-state index contributed by atoms with van der Waals surface area (Å²) in [5, 5.41) is 12.5. The summed E-state index contributed by atoms with van der Waals surface area (Å²) in [7, 11) is 0. The van der Waals surface area contributed by atoms with E-state index in [1.54, 1.807) is 0 Å². The smallest absolute Gasteiger partial charge is 0.131 e. The molecule has 2 aromatic heterocycles. The third-order valence-electron chi connectivity index (χ3n) is 8.68. The first-order chi connectivity index (χ1) is 21.8. The van der Waals surface area contributed by atoms with Crippen LogP contribution in [0.25, 0.3) is 47.7 Å². The molecule has 0 spiro atoms. The highest BCUT2D eigenvalue weighted by molar-refractivity contribution is 7.25. The van der Waals surface area contributed by atoms with Crippen LogP contribution in [0.1, 0.15) is 29.0 Å². The Kier molecular flexibility index (Phi) is 5.86. The third kappa shape index (κ3) is 4.13. The van der Waals surface area contributed by atoms with Crippen LogP contribution in [0, 0.1) is 0 Å². The van der Waals surface area contributed by atoms with Crippen LogP contribution in [-0.2, 0) is 0 Å². The number of aromatic nitrogens is 1. The normalized spacial score (nSPS) is 16.9. The quantitative estimate of drug-likeness (QED) is 0.216. The number of amidine groups is 1. The van der Waals surface area contributed by atoms with Crippen LogP contribution in [-0.4, -0.2) is 10.4 Å². The summed E-state index contributed by atoms with van der Waals surface area (Å²) < 4.78 is 5.05. The van der Waals surface area contributed by atoms with Gasteiger partial charge in [-0.25, -0.2) is 4.99 Å². The van der Waals surface area contributed by atoms with Crippen molar-refractivity contribution in [3.8, 4) is 5.69 Å². The Morgan fingerprint density at radius 2 is 1.23 bits per heavy atom. The van der Waals surface area contributed by atoms with Gasteiger partial charge in [-0.1, -0.05) is 97.1 Å². The number of thiophene rings is 1. The number of hydrogen-bond donors (Lipinski definition) is 2. The van der Waals surface area contributed by atoms with E-state index in [-0.39, 0.29) is 12.3 Å². The van der Waals surface area contributed by atoms with Crippen LogP contribution >= 0.6 is 11.3 Å². The fourth-order valence-electron chi connectivity index (χ4n) is 6.56. The van der Waals surface area contributed by atoms with Crippen molar-refractivity contribution >= 4 is 59.2 Å². The number of rotatable bonds is 4. The SMILES string of the molecule is c1ccc(C2N=C(c3ccc(-n4c5ccccc5c5cc6sc7ccccc7c6cc54)cc3)NC(c3ccccc3)N2)cc1. The van der Waals surface area contributed by atoms with Crippen molar-refractivity contribution in [2.75, 3.05) is 0 Å². The molecule has 0 aliphatic carbocycles. The number of benzene rings is 6. The van der Waals surface area contributed by atoms with E-state index in [2.05, 4.69) is 155 Å². The molecule has 0 saturated heterocycles. The molecule has 3 heterocycles. The molecule has 0 radical (unpaired) electrons. The van der Waals surface area contributed by atoms with Crippen molar-refractivity contribution in [1.29, 1.82) is 0 Å². The molecule has 44 heavy (non-hydrogen) atoms. The van der Waals surface area contributed by atoms with Gasteiger partial charge in [-0.15, -0.1) is 11.3 Å². The Morgan fingerprint density at radius 3 is 2.02 bits per heavy atom. The van der Waals surface area contributed by atoms with Crippen molar-refractivity contribution in [2.24, 2.45) is 4.99 Å². The molecule has 0 bridgehead atoms. The van der Waals surface area contributed by atoms with Gasteiger partial charge in [0.05, 0.1) is 11.0 Å². The van der Waals surface area contributed by atoms with E-state index >= 15 is 0 Å². The van der Waals surface area contributed by atoms with E-state index in [9.17, 15) is 0 Å². The Labute approximate surface area is 258 Å². The number of fused-ring (bicyclic) bond motifs is 6. The van der Waals surface area contributed by atoms with Gasteiger partial charge in [-0.05, 0) is 59.7 Å². The highest BCUT2D eigenvalue weighted by Crippen LogP contribution is 2.40. The molecule has 2 N–H and O–H groups in total. The van der Waals surface area contributed by atoms with Gasteiger partial charge in [0, 0.05) is 42.2 Å². The van der Waals surface area contributed by atoms with Crippen molar-refractivity contribution in [1.82, 2.24) is 15.2 Å². The molecule has 4 nitrogen and oxygen atoms in total. The fraction of sp³-hybridized carbons (Fsp3) is 0.0513. The summed E-state index contributed by atoms with van der Waals surface area (Å²) in [6.45, 7) is 0. The second-order valence-corrected chi connectivity index (χ2v) is 12.4. The number of para-hydroxylation sites is 1. The average molecular weight is 585 g/mol. The summed E-state index contributed by atoms with van der Waals surface area (Å²) in [5.74, 6) is 0.881. The Balaban J connectivity index is 1.16. The first kappa shape index (κ1) is 25.3. The van der Waals surface area contributed by atoms with Gasteiger partial charge in [0.2, 0.25) is 0 Å². The molecule has 1 aliphatic heterocycles. The first-order valence-corrected chi connectivity index (χ1v) is 15.8. The van der Waals surface area contributed by atoms with Crippen LogP contribution in [0.15, 0.2) is 151 Å². The molecule has 2 unspecified atom stereocenters. The fourth-order valence-corrected chi connectivity index (χ4v) is 7.69. The predicted molar refractivity (Wildman–Crippen MR) is 185 cm³/mol. The van der Waals surface area contributed by atoms with E-state index in [0.29, 0.717) is 0 Å². The van der Waals surface area contributed by atoms with Crippen molar-refractivity contribution in [2.45, 2.75) is 12.3 Å². The molecule has 8 aromatic rings. The molecule has 5 heteroatoms. The van der Waals surface area contributed by atoms with Crippen LogP contribution in [0.2, 0.25) is 0 Å². The van der Waals surface area contributed by atoms with Crippen LogP contribution < -0.4 is 10.6 Å². The van der Waals surface area contributed by atoms with E-state index in [4.69, 9.17) is 4.99 Å². The lowest BCUT2D eigenvalue weighted by Crippen LogP contribution is -2.44. The lowest BCUT2D eigenvalue weighted by atomic mass is 10.1. The molecular weight excluding hydrogens is 557 g/mol. The minimum atomic E-state index is -0.155. The second kappa shape index (κ2) is 10.2. The van der Waals surface area contributed by atoms with Gasteiger partial charge >= 0.3 is 0 Å². The summed E-state index contributed by atoms with van der Waals surface area (Å²) in [6, 6.07) is 52.0. The maximum absolute atomic E-state index is 5.14. The molecule has 1 aliphatic rings. The highest BCUT2D eigenvalue weighted by atomic mass is 32.1. The molecule has 9 rings (SSSR count). The summed E-state index contributed by atoms with van der Waals surface area (Å²) in [4.78, 5) is 5.14. The lowest BCUT2D eigenvalue weighted by Gasteiger charge is -2.32. The lowest BCUT2D eigenvalue weighted by molar-refractivity contribution is 0.409. The maximum atomic E-state index is 5.14. The first-order valence-electron chi connectivity index (χ1n) is 15.0. The minimum absolute atomic E-state index is 0.0613. The Hall–Kier alpha value is -5.23. The maximum Gasteiger partial charge on any atom is 0.131 e. The van der Waals surface area contributed by atoms with E-state index in [0.717, 1.165) is 22.6 Å². The molecule has 2 atom stereocenters. The van der Waals surface area contributed by atoms with Gasteiger partial charge < -0.3 is 9.88 Å². The minimum Gasteiger partial charge on any atom is -0.350 e. The Morgan fingerprint density at radius 1 is 0.545 bits per heavy atom. The molecule has 0 saturated carbocycles. The summed E-state index contributed by atoms with van der Waals surface area (Å²) in [5.41, 5.74) is 6.94. The van der Waals surface area contributed by atoms with Gasteiger partial charge in [-0.2, -0.15) is 0 Å². The summed E-state index contributed by atoms with van der Waals surface area (Å²) >= 11 is 1.87. The molecule has 6 aromatic carbocycles. The molecular formula is C39H28N4S. The largest absolute Gasteiger partial charge is 0.350 e. The monoisotopic (exact) mass is 584 g/mol. The van der Waals surface area contributed by atoms with Gasteiger partial charge in [0.25, 0.3) is 0 Å². The van der Waals surface area contributed by atoms with E-state index < -0.39 is 0 Å². The number of nitrogens with one attached hydrogen (secondary N) is 2. The summed E-state index contributed by atoms with van der Waals surface area (Å²) in [6.07, 6.45) is -0.216. The van der Waals surface area contributed by atoms with Crippen molar-refractivity contribution in [3.63, 3.8) is 0 Å². The molecule has 0 amide bonds. The molecule has 210 valence electrons. The second-order valence-electron chi connectivity index (χ2n) is 11.3. The van der Waals surface area contributed by atoms with Crippen LogP contribution in [0.3, 0.4) is 0 Å². The Bertz CT molecular complexity index is 2330. The molecule has 0 fully saturated rings. The van der Waals surface area contributed by atoms with Crippen molar-refractivity contribution < 1.29 is 0 Å². The third-order valence-corrected chi connectivity index (χ3v) is 9.82. The van der Waals surface area contributed by atoms with E-state index in [1.165, 1.54) is 47.5 Å².